The Hall–Kier alpha value is -4.53. The maximum Gasteiger partial charge on any atom is 0.270 e. The molecule has 5 rings (SSSR count). The van der Waals surface area contributed by atoms with Crippen molar-refractivity contribution in [1.82, 2.24) is 19.5 Å². The molecule has 0 N–H and O–H groups in total. The molecule has 9 nitrogen and oxygen atoms in total. The second-order valence-corrected chi connectivity index (χ2v) is 6.98. The highest BCUT2D eigenvalue weighted by molar-refractivity contribution is 5.86. The molecule has 2 heterocycles. The summed E-state index contributed by atoms with van der Waals surface area (Å²) in [6.45, 7) is 0. The molecule has 5 aromatic rings. The van der Waals surface area contributed by atoms with E-state index in [4.69, 9.17) is 19.4 Å². The number of nitrogens with zero attached hydrogens (tertiary/aromatic N) is 5. The number of rotatable bonds is 5. The highest BCUT2D eigenvalue weighted by atomic mass is 16.6. The predicted molar refractivity (Wildman–Crippen MR) is 119 cm³/mol. The molecule has 0 bridgehead atoms. The molecule has 0 aliphatic heterocycles. The van der Waals surface area contributed by atoms with Crippen molar-refractivity contribution in [1.29, 1.82) is 0 Å². The van der Waals surface area contributed by atoms with Crippen LogP contribution in [0.2, 0.25) is 0 Å². The van der Waals surface area contributed by atoms with Crippen LogP contribution in [0.3, 0.4) is 0 Å². The number of hydrogen-bond donors (Lipinski definition) is 0. The van der Waals surface area contributed by atoms with Crippen LogP contribution in [0.1, 0.15) is 0 Å². The lowest BCUT2D eigenvalue weighted by atomic mass is 10.2. The summed E-state index contributed by atoms with van der Waals surface area (Å²) < 4.78 is 12.6. The summed E-state index contributed by atoms with van der Waals surface area (Å²) in [5.74, 6) is 1.59. The molecular formula is C23H17N5O4. The van der Waals surface area contributed by atoms with Crippen LogP contribution in [0.5, 0.6) is 11.5 Å². The summed E-state index contributed by atoms with van der Waals surface area (Å²) in [7, 11) is 3.12. The van der Waals surface area contributed by atoms with E-state index in [1.54, 1.807) is 38.5 Å². The molecule has 0 fully saturated rings. The van der Waals surface area contributed by atoms with Crippen molar-refractivity contribution in [2.45, 2.75) is 0 Å². The fourth-order valence-corrected chi connectivity index (χ4v) is 3.62. The number of benzene rings is 3. The summed E-state index contributed by atoms with van der Waals surface area (Å²) in [6.07, 6.45) is 0. The van der Waals surface area contributed by atoms with Gasteiger partial charge in [-0.05, 0) is 24.3 Å². The number of hydrogen-bond acceptors (Lipinski definition) is 7. The lowest BCUT2D eigenvalue weighted by molar-refractivity contribution is -0.384. The van der Waals surface area contributed by atoms with E-state index in [-0.39, 0.29) is 5.69 Å². The van der Waals surface area contributed by atoms with E-state index >= 15 is 0 Å². The van der Waals surface area contributed by atoms with Crippen molar-refractivity contribution in [2.24, 2.45) is 0 Å². The summed E-state index contributed by atoms with van der Waals surface area (Å²) in [5.41, 5.74) is 3.63. The molecule has 0 radical (unpaired) electrons. The molecule has 0 aliphatic rings. The Bertz CT molecular complexity index is 1500. The number of para-hydroxylation sites is 2. The van der Waals surface area contributed by atoms with Gasteiger partial charge in [0.05, 0.1) is 35.9 Å². The first-order valence-corrected chi connectivity index (χ1v) is 9.71. The number of methoxy groups -OCH3 is 2. The van der Waals surface area contributed by atoms with E-state index in [0.29, 0.717) is 50.9 Å². The SMILES string of the molecule is COc1ccc(-n2c(-c3cccc([N+](=O)[O-])c3)nc3nc4ccccc4nc32)cc1OC. The minimum Gasteiger partial charge on any atom is -0.493 e. The van der Waals surface area contributed by atoms with E-state index in [9.17, 15) is 10.1 Å². The third-order valence-electron chi connectivity index (χ3n) is 5.11. The van der Waals surface area contributed by atoms with Crippen LogP contribution in [0.25, 0.3) is 39.4 Å². The Kier molecular flexibility index (Phi) is 4.63. The van der Waals surface area contributed by atoms with Crippen LogP contribution >= 0.6 is 0 Å². The topological polar surface area (TPSA) is 105 Å². The normalized spacial score (nSPS) is 11.1. The number of nitro benzene ring substituents is 1. The zero-order valence-electron chi connectivity index (χ0n) is 17.2. The van der Waals surface area contributed by atoms with Crippen molar-refractivity contribution < 1.29 is 14.4 Å². The molecule has 0 atom stereocenters. The number of ether oxygens (including phenoxy) is 2. The van der Waals surface area contributed by atoms with Gasteiger partial charge in [-0.25, -0.2) is 15.0 Å². The Balaban J connectivity index is 1.84. The zero-order chi connectivity index (χ0) is 22.2. The maximum atomic E-state index is 11.3. The van der Waals surface area contributed by atoms with Crippen LogP contribution in [-0.2, 0) is 0 Å². The largest absolute Gasteiger partial charge is 0.493 e. The molecule has 0 spiro atoms. The molecule has 3 aromatic carbocycles. The average Bonchev–Trinajstić information content (AvgIpc) is 3.20. The van der Waals surface area contributed by atoms with Crippen LogP contribution in [0.4, 0.5) is 5.69 Å². The van der Waals surface area contributed by atoms with Gasteiger partial charge in [-0.1, -0.05) is 24.3 Å². The van der Waals surface area contributed by atoms with Crippen molar-refractivity contribution >= 4 is 28.0 Å². The van der Waals surface area contributed by atoms with Gasteiger partial charge in [-0.3, -0.25) is 14.7 Å². The number of non-ortho nitro benzene ring substituents is 1. The highest BCUT2D eigenvalue weighted by Crippen LogP contribution is 2.34. The summed E-state index contributed by atoms with van der Waals surface area (Å²) in [4.78, 5) is 25.1. The summed E-state index contributed by atoms with van der Waals surface area (Å²) >= 11 is 0. The van der Waals surface area contributed by atoms with E-state index in [2.05, 4.69) is 4.98 Å². The van der Waals surface area contributed by atoms with Gasteiger partial charge in [-0.2, -0.15) is 0 Å². The van der Waals surface area contributed by atoms with Crippen molar-refractivity contribution in [3.63, 3.8) is 0 Å². The van der Waals surface area contributed by atoms with Gasteiger partial charge in [0.1, 0.15) is 5.82 Å². The molecule has 0 saturated heterocycles. The van der Waals surface area contributed by atoms with Crippen LogP contribution in [0.15, 0.2) is 66.7 Å². The number of aromatic nitrogens is 4. The molecule has 9 heteroatoms. The van der Waals surface area contributed by atoms with Gasteiger partial charge in [0.2, 0.25) is 0 Å². The van der Waals surface area contributed by atoms with Crippen LogP contribution < -0.4 is 9.47 Å². The molecule has 32 heavy (non-hydrogen) atoms. The quantitative estimate of drug-likeness (QED) is 0.299. The highest BCUT2D eigenvalue weighted by Gasteiger charge is 2.20. The molecule has 0 aliphatic carbocycles. The first kappa shape index (κ1) is 19.4. The lowest BCUT2D eigenvalue weighted by Gasteiger charge is -2.13. The second-order valence-electron chi connectivity index (χ2n) is 6.98. The molecule has 2 aromatic heterocycles. The number of imidazole rings is 1. The zero-order valence-corrected chi connectivity index (χ0v) is 17.2. The van der Waals surface area contributed by atoms with Crippen LogP contribution in [-0.4, -0.2) is 38.7 Å². The van der Waals surface area contributed by atoms with Crippen molar-refractivity contribution in [3.05, 3.63) is 76.8 Å². The minimum atomic E-state index is -0.433. The standard InChI is InChI=1S/C23H17N5O4/c1-31-19-11-10-15(13-20(19)32-2)27-22(14-6-5-7-16(12-14)28(29)30)26-21-23(27)25-18-9-4-3-8-17(18)24-21/h3-13H,1-2H3. The number of fused-ring (bicyclic) bond motifs is 2. The Labute approximate surface area is 182 Å². The summed E-state index contributed by atoms with van der Waals surface area (Å²) in [6, 6.07) is 19.3. The average molecular weight is 427 g/mol. The van der Waals surface area contributed by atoms with Gasteiger partial charge >= 0.3 is 0 Å². The third kappa shape index (κ3) is 3.16. The van der Waals surface area contributed by atoms with Gasteiger partial charge < -0.3 is 9.47 Å². The van der Waals surface area contributed by atoms with Gasteiger partial charge in [-0.15, -0.1) is 0 Å². The molecule has 0 saturated carbocycles. The van der Waals surface area contributed by atoms with Gasteiger partial charge in [0, 0.05) is 23.8 Å². The fraction of sp³-hybridized carbons (Fsp3) is 0.0870. The Morgan fingerprint density at radius 1 is 0.844 bits per heavy atom. The molecule has 0 amide bonds. The van der Waals surface area contributed by atoms with E-state index in [0.717, 1.165) is 0 Å². The van der Waals surface area contributed by atoms with Gasteiger partial charge in [0.15, 0.2) is 22.8 Å². The van der Waals surface area contributed by atoms with Crippen LogP contribution in [0, 0.1) is 10.1 Å². The Morgan fingerprint density at radius 2 is 1.59 bits per heavy atom. The van der Waals surface area contributed by atoms with Crippen molar-refractivity contribution in [3.8, 4) is 28.6 Å². The van der Waals surface area contributed by atoms with E-state index < -0.39 is 4.92 Å². The maximum absolute atomic E-state index is 11.3. The monoisotopic (exact) mass is 427 g/mol. The smallest absolute Gasteiger partial charge is 0.270 e. The minimum absolute atomic E-state index is 0.0282. The molecular weight excluding hydrogens is 410 g/mol. The molecule has 158 valence electrons. The summed E-state index contributed by atoms with van der Waals surface area (Å²) in [5, 5.41) is 11.3. The fourth-order valence-electron chi connectivity index (χ4n) is 3.62. The predicted octanol–water partition coefficient (Wildman–Crippen LogP) is 4.56. The molecule has 0 unspecified atom stereocenters. The van der Waals surface area contributed by atoms with Gasteiger partial charge in [0.25, 0.3) is 5.69 Å². The van der Waals surface area contributed by atoms with Crippen molar-refractivity contribution in [2.75, 3.05) is 14.2 Å². The second kappa shape index (κ2) is 7.62. The number of nitro groups is 1. The first-order chi connectivity index (χ1) is 15.6. The first-order valence-electron chi connectivity index (χ1n) is 9.71. The third-order valence-corrected chi connectivity index (χ3v) is 5.11. The Morgan fingerprint density at radius 3 is 2.31 bits per heavy atom. The van der Waals surface area contributed by atoms with E-state index in [1.807, 2.05) is 34.9 Å². The van der Waals surface area contributed by atoms with E-state index in [1.165, 1.54) is 12.1 Å². The lowest BCUT2D eigenvalue weighted by Crippen LogP contribution is -2.01.